The summed E-state index contributed by atoms with van der Waals surface area (Å²) < 4.78 is 10.8. The van der Waals surface area contributed by atoms with Crippen LogP contribution in [0.1, 0.15) is 29.7 Å². The van der Waals surface area contributed by atoms with Crippen molar-refractivity contribution in [2.45, 2.75) is 25.9 Å². The average molecular weight is 379 g/mol. The predicted molar refractivity (Wildman–Crippen MR) is 109 cm³/mol. The number of hydrogen-bond donors (Lipinski definition) is 2. The third-order valence-electron chi connectivity index (χ3n) is 4.87. The number of hydrogen-bond acceptors (Lipinski definition) is 5. The lowest BCUT2D eigenvalue weighted by Crippen LogP contribution is -2.27. The number of benzene rings is 2. The Morgan fingerprint density at radius 2 is 1.75 bits per heavy atom. The van der Waals surface area contributed by atoms with Crippen molar-refractivity contribution < 1.29 is 14.3 Å². The largest absolute Gasteiger partial charge is 0.493 e. The van der Waals surface area contributed by atoms with Gasteiger partial charge in [0.15, 0.2) is 11.5 Å². The minimum absolute atomic E-state index is 0.0674. The first-order chi connectivity index (χ1) is 13.6. The SMILES string of the molecule is COc1cc2c(C(C)C(=O)NCc3ccccc3)cnc(CN)c2cc1OC. The molecule has 0 aliphatic carbocycles. The maximum absolute atomic E-state index is 12.8. The second kappa shape index (κ2) is 8.71. The minimum Gasteiger partial charge on any atom is -0.493 e. The summed E-state index contributed by atoms with van der Waals surface area (Å²) in [5, 5.41) is 4.74. The molecule has 1 amide bonds. The molecule has 1 unspecified atom stereocenters. The van der Waals surface area contributed by atoms with Gasteiger partial charge in [-0.2, -0.15) is 0 Å². The van der Waals surface area contributed by atoms with E-state index in [2.05, 4.69) is 10.3 Å². The van der Waals surface area contributed by atoms with Crippen LogP contribution < -0.4 is 20.5 Å². The fourth-order valence-electron chi connectivity index (χ4n) is 3.23. The zero-order chi connectivity index (χ0) is 20.1. The number of nitrogens with two attached hydrogens (primary N) is 1. The third kappa shape index (κ3) is 3.92. The maximum atomic E-state index is 12.8. The summed E-state index contributed by atoms with van der Waals surface area (Å²) in [5.41, 5.74) is 8.48. The van der Waals surface area contributed by atoms with Crippen molar-refractivity contribution in [2.24, 2.45) is 5.73 Å². The van der Waals surface area contributed by atoms with Crippen LogP contribution in [0.3, 0.4) is 0 Å². The topological polar surface area (TPSA) is 86.5 Å². The number of rotatable bonds is 7. The molecule has 28 heavy (non-hydrogen) atoms. The smallest absolute Gasteiger partial charge is 0.227 e. The van der Waals surface area contributed by atoms with Gasteiger partial charge in [0.25, 0.3) is 0 Å². The van der Waals surface area contributed by atoms with Gasteiger partial charge in [0.2, 0.25) is 5.91 Å². The van der Waals surface area contributed by atoms with Crippen LogP contribution in [-0.2, 0) is 17.9 Å². The average Bonchev–Trinajstić information content (AvgIpc) is 2.75. The van der Waals surface area contributed by atoms with Crippen LogP contribution in [0.4, 0.5) is 0 Å². The zero-order valence-electron chi connectivity index (χ0n) is 16.4. The molecule has 1 heterocycles. The Morgan fingerprint density at radius 3 is 2.36 bits per heavy atom. The summed E-state index contributed by atoms with van der Waals surface area (Å²) in [6.45, 7) is 2.64. The van der Waals surface area contributed by atoms with Gasteiger partial charge in [0.05, 0.1) is 25.8 Å². The van der Waals surface area contributed by atoms with Gasteiger partial charge in [-0.3, -0.25) is 9.78 Å². The normalized spacial score (nSPS) is 11.9. The first kappa shape index (κ1) is 19.6. The highest BCUT2D eigenvalue weighted by atomic mass is 16.5. The van der Waals surface area contributed by atoms with Crippen LogP contribution in [0.5, 0.6) is 11.5 Å². The van der Waals surface area contributed by atoms with Crippen molar-refractivity contribution >= 4 is 16.7 Å². The fraction of sp³-hybridized carbons (Fsp3) is 0.273. The second-order valence-corrected chi connectivity index (χ2v) is 6.54. The third-order valence-corrected chi connectivity index (χ3v) is 4.87. The van der Waals surface area contributed by atoms with E-state index >= 15 is 0 Å². The number of ether oxygens (including phenoxy) is 2. The van der Waals surface area contributed by atoms with E-state index in [4.69, 9.17) is 15.2 Å². The lowest BCUT2D eigenvalue weighted by molar-refractivity contribution is -0.122. The van der Waals surface area contributed by atoms with Crippen molar-refractivity contribution in [1.82, 2.24) is 10.3 Å². The molecule has 3 aromatic rings. The van der Waals surface area contributed by atoms with E-state index in [0.717, 1.165) is 27.6 Å². The second-order valence-electron chi connectivity index (χ2n) is 6.54. The highest BCUT2D eigenvalue weighted by Gasteiger charge is 2.21. The van der Waals surface area contributed by atoms with E-state index in [1.807, 2.05) is 49.4 Å². The molecule has 0 fully saturated rings. The van der Waals surface area contributed by atoms with Crippen molar-refractivity contribution in [1.29, 1.82) is 0 Å². The van der Waals surface area contributed by atoms with Gasteiger partial charge in [-0.05, 0) is 35.6 Å². The first-order valence-corrected chi connectivity index (χ1v) is 9.14. The minimum atomic E-state index is -0.386. The molecule has 6 nitrogen and oxygen atoms in total. The van der Waals surface area contributed by atoms with Crippen LogP contribution >= 0.6 is 0 Å². The molecule has 0 radical (unpaired) electrons. The molecule has 0 saturated carbocycles. The van der Waals surface area contributed by atoms with Crippen molar-refractivity contribution in [3.05, 3.63) is 65.5 Å². The lowest BCUT2D eigenvalue weighted by atomic mass is 9.94. The quantitative estimate of drug-likeness (QED) is 0.659. The number of fused-ring (bicyclic) bond motifs is 1. The fourth-order valence-corrected chi connectivity index (χ4v) is 3.23. The molecule has 2 aromatic carbocycles. The van der Waals surface area contributed by atoms with Gasteiger partial charge in [-0.25, -0.2) is 0 Å². The maximum Gasteiger partial charge on any atom is 0.227 e. The molecule has 0 aliphatic heterocycles. The Balaban J connectivity index is 1.95. The molecule has 1 aromatic heterocycles. The van der Waals surface area contributed by atoms with E-state index in [9.17, 15) is 4.79 Å². The number of nitrogens with one attached hydrogen (secondary N) is 1. The number of aromatic nitrogens is 1. The lowest BCUT2D eigenvalue weighted by Gasteiger charge is -2.18. The highest BCUT2D eigenvalue weighted by molar-refractivity contribution is 5.95. The van der Waals surface area contributed by atoms with Crippen molar-refractivity contribution in [3.8, 4) is 11.5 Å². The Hall–Kier alpha value is -3.12. The van der Waals surface area contributed by atoms with E-state index in [0.29, 0.717) is 24.6 Å². The summed E-state index contributed by atoms with van der Waals surface area (Å²) in [6, 6.07) is 13.6. The van der Waals surface area contributed by atoms with Gasteiger partial charge in [-0.15, -0.1) is 0 Å². The Labute approximate surface area is 164 Å². The van der Waals surface area contributed by atoms with Gasteiger partial charge in [-0.1, -0.05) is 30.3 Å². The standard InChI is InChI=1S/C22H25N3O3/c1-14(22(26)25-12-15-7-5-4-6-8-15)18-13-24-19(11-23)17-10-21(28-3)20(27-2)9-16(17)18/h4-10,13-14H,11-12,23H2,1-3H3,(H,25,26). The summed E-state index contributed by atoms with van der Waals surface area (Å²) in [4.78, 5) is 17.2. The monoisotopic (exact) mass is 379 g/mol. The molecular formula is C22H25N3O3. The van der Waals surface area contributed by atoms with E-state index in [-0.39, 0.29) is 11.8 Å². The molecule has 1 atom stereocenters. The molecule has 3 N–H and O–H groups in total. The molecule has 146 valence electrons. The van der Waals surface area contributed by atoms with Crippen molar-refractivity contribution in [3.63, 3.8) is 0 Å². The van der Waals surface area contributed by atoms with E-state index in [1.54, 1.807) is 20.4 Å². The van der Waals surface area contributed by atoms with Gasteiger partial charge in [0.1, 0.15) is 0 Å². The van der Waals surface area contributed by atoms with Crippen LogP contribution in [0.2, 0.25) is 0 Å². The molecule has 0 bridgehead atoms. The summed E-state index contributed by atoms with van der Waals surface area (Å²) in [5.74, 6) is 0.748. The molecular weight excluding hydrogens is 354 g/mol. The molecule has 0 aliphatic rings. The molecule has 3 rings (SSSR count). The Bertz CT molecular complexity index is 974. The van der Waals surface area contributed by atoms with Gasteiger partial charge < -0.3 is 20.5 Å². The Kier molecular flexibility index (Phi) is 6.11. The van der Waals surface area contributed by atoms with Gasteiger partial charge >= 0.3 is 0 Å². The van der Waals surface area contributed by atoms with E-state index in [1.165, 1.54) is 0 Å². The number of carbonyl (C=O) groups is 1. The predicted octanol–water partition coefficient (Wildman–Crippen LogP) is 3.13. The number of nitrogens with zero attached hydrogens (tertiary/aromatic N) is 1. The first-order valence-electron chi connectivity index (χ1n) is 9.14. The molecule has 0 spiro atoms. The number of amides is 1. The van der Waals surface area contributed by atoms with Crippen molar-refractivity contribution in [2.75, 3.05) is 14.2 Å². The highest BCUT2D eigenvalue weighted by Crippen LogP contribution is 2.36. The zero-order valence-corrected chi connectivity index (χ0v) is 16.4. The molecule has 0 saturated heterocycles. The number of carbonyl (C=O) groups excluding carboxylic acids is 1. The van der Waals surface area contributed by atoms with Crippen LogP contribution in [0.15, 0.2) is 48.7 Å². The van der Waals surface area contributed by atoms with Crippen LogP contribution in [0.25, 0.3) is 10.8 Å². The van der Waals surface area contributed by atoms with E-state index < -0.39 is 0 Å². The summed E-state index contributed by atoms with van der Waals surface area (Å²) in [7, 11) is 3.17. The van der Waals surface area contributed by atoms with Gasteiger partial charge in [0, 0.05) is 24.7 Å². The Morgan fingerprint density at radius 1 is 1.11 bits per heavy atom. The van der Waals surface area contributed by atoms with Crippen LogP contribution in [0, 0.1) is 0 Å². The van der Waals surface area contributed by atoms with Crippen LogP contribution in [-0.4, -0.2) is 25.1 Å². The summed E-state index contributed by atoms with van der Waals surface area (Å²) >= 11 is 0. The molecule has 6 heteroatoms. The summed E-state index contributed by atoms with van der Waals surface area (Å²) in [6.07, 6.45) is 1.73. The number of methoxy groups -OCH3 is 2. The number of pyridine rings is 1.